The fraction of sp³-hybridized carbons (Fsp3) is 0.667. The molecule has 0 saturated carbocycles. The maximum Gasteiger partial charge on any atom is 0.304 e. The standard InChI is InChI=1S/C12H20ClN3O2/c1-4-9-12(13)10(16(5-2)14-9)8-15(3)7-6-11(17)18/h4-8H2,1-3H3,(H,17,18). The molecular weight excluding hydrogens is 254 g/mol. The van der Waals surface area contributed by atoms with Gasteiger partial charge in [-0.15, -0.1) is 0 Å². The van der Waals surface area contributed by atoms with Crippen LogP contribution in [0.2, 0.25) is 5.02 Å². The van der Waals surface area contributed by atoms with Crippen molar-refractivity contribution < 1.29 is 9.90 Å². The number of aliphatic carboxylic acids is 1. The van der Waals surface area contributed by atoms with Crippen LogP contribution < -0.4 is 0 Å². The summed E-state index contributed by atoms with van der Waals surface area (Å²) in [6.07, 6.45) is 0.937. The molecule has 0 aliphatic carbocycles. The van der Waals surface area contributed by atoms with Gasteiger partial charge in [0.2, 0.25) is 0 Å². The molecule has 1 N–H and O–H groups in total. The van der Waals surface area contributed by atoms with Gasteiger partial charge in [0.25, 0.3) is 0 Å². The lowest BCUT2D eigenvalue weighted by atomic mass is 10.3. The molecule has 0 aromatic carbocycles. The van der Waals surface area contributed by atoms with E-state index in [1.165, 1.54) is 0 Å². The lowest BCUT2D eigenvalue weighted by Gasteiger charge is -2.16. The Morgan fingerprint density at radius 1 is 1.50 bits per heavy atom. The van der Waals surface area contributed by atoms with Crippen LogP contribution in [0.15, 0.2) is 0 Å². The van der Waals surface area contributed by atoms with Crippen LogP contribution in [0.4, 0.5) is 0 Å². The molecule has 102 valence electrons. The van der Waals surface area contributed by atoms with Crippen LogP contribution in [-0.2, 0) is 24.3 Å². The van der Waals surface area contributed by atoms with Gasteiger partial charge in [0.1, 0.15) is 0 Å². The number of carboxylic acid groups (broad SMARTS) is 1. The molecule has 1 aromatic heterocycles. The molecule has 6 heteroatoms. The van der Waals surface area contributed by atoms with Gasteiger partial charge in [-0.25, -0.2) is 0 Å². The van der Waals surface area contributed by atoms with Crippen LogP contribution in [-0.4, -0.2) is 39.3 Å². The van der Waals surface area contributed by atoms with Crippen LogP contribution in [0.25, 0.3) is 0 Å². The molecule has 18 heavy (non-hydrogen) atoms. The van der Waals surface area contributed by atoms with E-state index in [9.17, 15) is 4.79 Å². The summed E-state index contributed by atoms with van der Waals surface area (Å²) in [7, 11) is 1.89. The molecule has 0 spiro atoms. The Morgan fingerprint density at radius 3 is 2.67 bits per heavy atom. The Balaban J connectivity index is 2.76. The monoisotopic (exact) mass is 273 g/mol. The van der Waals surface area contributed by atoms with Crippen molar-refractivity contribution in [2.45, 2.75) is 39.8 Å². The lowest BCUT2D eigenvalue weighted by molar-refractivity contribution is -0.137. The molecule has 0 bridgehead atoms. The van der Waals surface area contributed by atoms with Gasteiger partial charge in [0.05, 0.1) is 22.8 Å². The van der Waals surface area contributed by atoms with Crippen molar-refractivity contribution in [3.05, 3.63) is 16.4 Å². The highest BCUT2D eigenvalue weighted by Gasteiger charge is 2.15. The quantitative estimate of drug-likeness (QED) is 0.826. The highest BCUT2D eigenvalue weighted by atomic mass is 35.5. The second-order valence-electron chi connectivity index (χ2n) is 4.26. The minimum Gasteiger partial charge on any atom is -0.481 e. The van der Waals surface area contributed by atoms with Crippen molar-refractivity contribution in [1.82, 2.24) is 14.7 Å². The van der Waals surface area contributed by atoms with Crippen LogP contribution in [0, 0.1) is 0 Å². The SMILES string of the molecule is CCc1nn(CC)c(CN(C)CCC(=O)O)c1Cl. The molecule has 0 aliphatic rings. The van der Waals surface area contributed by atoms with Gasteiger partial charge >= 0.3 is 5.97 Å². The summed E-state index contributed by atoms with van der Waals surface area (Å²) in [6.45, 7) is 5.92. The summed E-state index contributed by atoms with van der Waals surface area (Å²) in [5.74, 6) is -0.786. The summed E-state index contributed by atoms with van der Waals surface area (Å²) >= 11 is 6.29. The van der Waals surface area contributed by atoms with Crippen molar-refractivity contribution in [3.8, 4) is 0 Å². The second-order valence-corrected chi connectivity index (χ2v) is 4.64. The van der Waals surface area contributed by atoms with Crippen LogP contribution in [0.5, 0.6) is 0 Å². The summed E-state index contributed by atoms with van der Waals surface area (Å²) in [6, 6.07) is 0. The van der Waals surface area contributed by atoms with Crippen molar-refractivity contribution in [3.63, 3.8) is 0 Å². The number of carboxylic acids is 1. The largest absolute Gasteiger partial charge is 0.481 e. The molecule has 0 atom stereocenters. The highest BCUT2D eigenvalue weighted by molar-refractivity contribution is 6.31. The van der Waals surface area contributed by atoms with E-state index in [2.05, 4.69) is 5.10 Å². The van der Waals surface area contributed by atoms with Gasteiger partial charge in [0.15, 0.2) is 0 Å². The highest BCUT2D eigenvalue weighted by Crippen LogP contribution is 2.22. The zero-order valence-corrected chi connectivity index (χ0v) is 11.9. The normalized spacial score (nSPS) is 11.2. The Labute approximate surface area is 112 Å². The lowest BCUT2D eigenvalue weighted by Crippen LogP contribution is -2.23. The van der Waals surface area contributed by atoms with Gasteiger partial charge in [-0.05, 0) is 20.4 Å². The van der Waals surface area contributed by atoms with Crippen LogP contribution in [0.3, 0.4) is 0 Å². The Morgan fingerprint density at radius 2 is 2.17 bits per heavy atom. The van der Waals surface area contributed by atoms with E-state index < -0.39 is 5.97 Å². The summed E-state index contributed by atoms with van der Waals surface area (Å²) in [4.78, 5) is 12.5. The van der Waals surface area contributed by atoms with Gasteiger partial charge in [0, 0.05) is 19.6 Å². The van der Waals surface area contributed by atoms with E-state index in [0.717, 1.165) is 24.4 Å². The van der Waals surface area contributed by atoms with Crippen LogP contribution in [0.1, 0.15) is 31.7 Å². The first-order chi connectivity index (χ1) is 8.49. The number of aromatic nitrogens is 2. The van der Waals surface area contributed by atoms with E-state index in [4.69, 9.17) is 16.7 Å². The van der Waals surface area contributed by atoms with Crippen LogP contribution >= 0.6 is 11.6 Å². The third kappa shape index (κ3) is 3.71. The average Bonchev–Trinajstić information content (AvgIpc) is 2.63. The number of aryl methyl sites for hydroxylation is 2. The predicted octanol–water partition coefficient (Wildman–Crippen LogP) is 2.03. The van der Waals surface area contributed by atoms with Gasteiger partial charge in [-0.2, -0.15) is 5.10 Å². The maximum absolute atomic E-state index is 10.5. The molecule has 5 nitrogen and oxygen atoms in total. The molecule has 0 saturated heterocycles. The molecule has 1 aromatic rings. The summed E-state index contributed by atoms with van der Waals surface area (Å²) in [5.41, 5.74) is 1.86. The Bertz CT molecular complexity index is 418. The topological polar surface area (TPSA) is 58.4 Å². The third-order valence-electron chi connectivity index (χ3n) is 2.82. The van der Waals surface area contributed by atoms with E-state index in [0.29, 0.717) is 18.1 Å². The second kappa shape index (κ2) is 6.75. The Kier molecular flexibility index (Phi) is 5.62. The fourth-order valence-electron chi connectivity index (χ4n) is 1.79. The van der Waals surface area contributed by atoms with Crippen molar-refractivity contribution in [2.75, 3.05) is 13.6 Å². The summed E-state index contributed by atoms with van der Waals surface area (Å²) in [5, 5.41) is 13.8. The van der Waals surface area contributed by atoms with Gasteiger partial charge in [-0.3, -0.25) is 14.4 Å². The molecule has 1 rings (SSSR count). The number of rotatable bonds is 7. The number of carbonyl (C=O) groups is 1. The first kappa shape index (κ1) is 15.0. The zero-order chi connectivity index (χ0) is 13.7. The molecular formula is C12H20ClN3O2. The minimum atomic E-state index is -0.786. The molecule has 0 radical (unpaired) electrons. The number of halogens is 1. The number of hydrogen-bond acceptors (Lipinski definition) is 3. The zero-order valence-electron chi connectivity index (χ0n) is 11.1. The van der Waals surface area contributed by atoms with E-state index >= 15 is 0 Å². The van der Waals surface area contributed by atoms with Gasteiger partial charge < -0.3 is 5.11 Å². The molecule has 0 amide bonds. The number of hydrogen-bond donors (Lipinski definition) is 1. The number of nitrogens with zero attached hydrogens (tertiary/aromatic N) is 3. The predicted molar refractivity (Wildman–Crippen MR) is 70.9 cm³/mol. The van der Waals surface area contributed by atoms with Crippen molar-refractivity contribution >= 4 is 17.6 Å². The summed E-state index contributed by atoms with van der Waals surface area (Å²) < 4.78 is 1.89. The maximum atomic E-state index is 10.5. The van der Waals surface area contributed by atoms with Crippen molar-refractivity contribution in [1.29, 1.82) is 0 Å². The molecule has 0 aliphatic heterocycles. The van der Waals surface area contributed by atoms with E-state index in [1.807, 2.05) is 30.5 Å². The average molecular weight is 274 g/mol. The van der Waals surface area contributed by atoms with E-state index in [1.54, 1.807) is 0 Å². The van der Waals surface area contributed by atoms with E-state index in [-0.39, 0.29) is 6.42 Å². The van der Waals surface area contributed by atoms with Crippen molar-refractivity contribution in [2.24, 2.45) is 0 Å². The Hall–Kier alpha value is -1.07. The first-order valence-electron chi connectivity index (χ1n) is 6.13. The van der Waals surface area contributed by atoms with Gasteiger partial charge in [-0.1, -0.05) is 18.5 Å². The third-order valence-corrected chi connectivity index (χ3v) is 3.26. The molecule has 0 unspecified atom stereocenters. The molecule has 0 fully saturated rings. The minimum absolute atomic E-state index is 0.134. The molecule has 1 heterocycles. The fourth-order valence-corrected chi connectivity index (χ4v) is 2.12. The first-order valence-corrected chi connectivity index (χ1v) is 6.51. The smallest absolute Gasteiger partial charge is 0.304 e.